The average Bonchev–Trinajstić information content (AvgIpc) is 2.86. The van der Waals surface area contributed by atoms with Gasteiger partial charge in [-0.05, 0) is 67.4 Å². The van der Waals surface area contributed by atoms with Gasteiger partial charge in [-0.2, -0.15) is 5.10 Å². The van der Waals surface area contributed by atoms with E-state index in [2.05, 4.69) is 58.7 Å². The Morgan fingerprint density at radius 1 is 1.47 bits per heavy atom. The number of nitrogens with zero attached hydrogens (tertiary/aromatic N) is 2. The van der Waals surface area contributed by atoms with Gasteiger partial charge >= 0.3 is 0 Å². The van der Waals surface area contributed by atoms with E-state index in [-0.39, 0.29) is 0 Å². The third-order valence-corrected chi connectivity index (χ3v) is 5.41. The van der Waals surface area contributed by atoms with Crippen molar-refractivity contribution in [1.82, 2.24) is 15.1 Å². The third kappa shape index (κ3) is 3.22. The Morgan fingerprint density at radius 2 is 2.21 bits per heavy atom. The van der Waals surface area contributed by atoms with Crippen molar-refractivity contribution < 1.29 is 0 Å². The first-order chi connectivity index (χ1) is 8.99. The summed E-state index contributed by atoms with van der Waals surface area (Å²) in [6, 6.07) is 0.702. The van der Waals surface area contributed by atoms with Crippen LogP contribution < -0.4 is 5.32 Å². The summed E-state index contributed by atoms with van der Waals surface area (Å²) in [6.45, 7) is 10.9. The molecular weight excluding hydrogens is 302 g/mol. The maximum atomic E-state index is 4.61. The van der Waals surface area contributed by atoms with Gasteiger partial charge in [-0.25, -0.2) is 0 Å². The summed E-state index contributed by atoms with van der Waals surface area (Å²) < 4.78 is 3.37. The standard InChI is InChI=1S/C15H26BrN3/c1-5-17-12-7-8-15(4,9-12)10-13-14(16)11(3)18-19(13)6-2/h12,17H,5-10H2,1-4H3. The number of hydrogen-bond acceptors (Lipinski definition) is 2. The van der Waals surface area contributed by atoms with Crippen LogP contribution in [-0.4, -0.2) is 22.4 Å². The Bertz CT molecular complexity index is 441. The minimum Gasteiger partial charge on any atom is -0.314 e. The molecule has 0 aromatic carbocycles. The minimum atomic E-state index is 0.411. The molecular formula is C15H26BrN3. The normalized spacial score (nSPS) is 27.1. The van der Waals surface area contributed by atoms with E-state index in [9.17, 15) is 0 Å². The van der Waals surface area contributed by atoms with E-state index in [1.807, 2.05) is 0 Å². The van der Waals surface area contributed by atoms with Crippen molar-refractivity contribution in [2.24, 2.45) is 5.41 Å². The maximum Gasteiger partial charge on any atom is 0.0738 e. The highest BCUT2D eigenvalue weighted by Crippen LogP contribution is 2.42. The Balaban J connectivity index is 2.13. The summed E-state index contributed by atoms with van der Waals surface area (Å²) in [7, 11) is 0. The lowest BCUT2D eigenvalue weighted by atomic mass is 9.83. The molecule has 0 aliphatic heterocycles. The Morgan fingerprint density at radius 3 is 2.84 bits per heavy atom. The van der Waals surface area contributed by atoms with Crippen LogP contribution in [0.4, 0.5) is 0 Å². The summed E-state index contributed by atoms with van der Waals surface area (Å²) in [5.41, 5.74) is 2.90. The summed E-state index contributed by atoms with van der Waals surface area (Å²) in [4.78, 5) is 0. The van der Waals surface area contributed by atoms with E-state index < -0.39 is 0 Å². The van der Waals surface area contributed by atoms with E-state index in [0.717, 1.165) is 25.2 Å². The van der Waals surface area contributed by atoms with Crippen LogP contribution in [0.5, 0.6) is 0 Å². The molecule has 3 nitrogen and oxygen atoms in total. The second kappa shape index (κ2) is 5.96. The van der Waals surface area contributed by atoms with Gasteiger partial charge in [0.05, 0.1) is 15.9 Å². The molecule has 1 aromatic heterocycles. The van der Waals surface area contributed by atoms with Crippen molar-refractivity contribution in [1.29, 1.82) is 0 Å². The largest absolute Gasteiger partial charge is 0.314 e. The predicted octanol–water partition coefficient (Wildman–Crippen LogP) is 3.68. The first kappa shape index (κ1) is 15.0. The average molecular weight is 328 g/mol. The molecule has 4 heteroatoms. The fourth-order valence-electron chi connectivity index (χ4n) is 3.39. The van der Waals surface area contributed by atoms with Gasteiger partial charge in [-0.3, -0.25) is 4.68 Å². The summed E-state index contributed by atoms with van der Waals surface area (Å²) in [5, 5.41) is 8.21. The molecule has 2 atom stereocenters. The van der Waals surface area contributed by atoms with Crippen LogP contribution in [-0.2, 0) is 13.0 Å². The van der Waals surface area contributed by atoms with E-state index in [1.165, 1.54) is 29.4 Å². The number of nitrogens with one attached hydrogen (secondary N) is 1. The van der Waals surface area contributed by atoms with Gasteiger partial charge in [0.1, 0.15) is 0 Å². The molecule has 0 amide bonds. The molecule has 0 spiro atoms. The molecule has 0 radical (unpaired) electrons. The van der Waals surface area contributed by atoms with Crippen molar-refractivity contribution >= 4 is 15.9 Å². The van der Waals surface area contributed by atoms with Gasteiger partial charge in [-0.1, -0.05) is 13.8 Å². The molecule has 0 saturated heterocycles. The fourth-order valence-corrected chi connectivity index (χ4v) is 3.81. The van der Waals surface area contributed by atoms with Gasteiger partial charge < -0.3 is 5.32 Å². The van der Waals surface area contributed by atoms with E-state index >= 15 is 0 Å². The molecule has 2 unspecified atom stereocenters. The topological polar surface area (TPSA) is 29.9 Å². The maximum absolute atomic E-state index is 4.61. The van der Waals surface area contributed by atoms with Crippen molar-refractivity contribution in [3.05, 3.63) is 15.9 Å². The summed E-state index contributed by atoms with van der Waals surface area (Å²) >= 11 is 3.72. The van der Waals surface area contributed by atoms with E-state index in [4.69, 9.17) is 0 Å². The molecule has 1 aliphatic carbocycles. The molecule has 1 N–H and O–H groups in total. The van der Waals surface area contributed by atoms with Crippen molar-refractivity contribution in [3.63, 3.8) is 0 Å². The molecule has 19 heavy (non-hydrogen) atoms. The lowest BCUT2D eigenvalue weighted by molar-refractivity contribution is 0.312. The first-order valence-electron chi connectivity index (χ1n) is 7.44. The third-order valence-electron chi connectivity index (χ3n) is 4.38. The van der Waals surface area contributed by atoms with Gasteiger partial charge in [0.25, 0.3) is 0 Å². The van der Waals surface area contributed by atoms with Crippen LogP contribution >= 0.6 is 15.9 Å². The molecule has 108 valence electrons. The van der Waals surface area contributed by atoms with Gasteiger partial charge in [0.2, 0.25) is 0 Å². The van der Waals surface area contributed by atoms with Crippen molar-refractivity contribution in [3.8, 4) is 0 Å². The minimum absolute atomic E-state index is 0.411. The van der Waals surface area contributed by atoms with Crippen LogP contribution in [0.25, 0.3) is 0 Å². The quantitative estimate of drug-likeness (QED) is 0.893. The van der Waals surface area contributed by atoms with E-state index in [1.54, 1.807) is 0 Å². The van der Waals surface area contributed by atoms with Gasteiger partial charge in [0, 0.05) is 12.6 Å². The molecule has 0 bridgehead atoms. The second-order valence-corrected chi connectivity index (χ2v) is 6.94. The van der Waals surface area contributed by atoms with Gasteiger partial charge in [-0.15, -0.1) is 0 Å². The SMILES string of the molecule is CCNC1CCC(C)(Cc2c(Br)c(C)nn2CC)C1. The number of aromatic nitrogens is 2. The van der Waals surface area contributed by atoms with Crippen LogP contribution in [0.2, 0.25) is 0 Å². The van der Waals surface area contributed by atoms with Crippen LogP contribution in [0.15, 0.2) is 4.47 Å². The predicted molar refractivity (Wildman–Crippen MR) is 83.5 cm³/mol. The van der Waals surface area contributed by atoms with Crippen molar-refractivity contribution in [2.75, 3.05) is 6.54 Å². The Labute approximate surface area is 125 Å². The monoisotopic (exact) mass is 327 g/mol. The molecule has 1 saturated carbocycles. The molecule has 1 aliphatic rings. The fraction of sp³-hybridized carbons (Fsp3) is 0.800. The molecule has 2 rings (SSSR count). The molecule has 1 heterocycles. The second-order valence-electron chi connectivity index (χ2n) is 6.15. The lowest BCUT2D eigenvalue weighted by Crippen LogP contribution is -2.28. The van der Waals surface area contributed by atoms with Gasteiger partial charge in [0.15, 0.2) is 0 Å². The lowest BCUT2D eigenvalue weighted by Gasteiger charge is -2.25. The zero-order valence-corrected chi connectivity index (χ0v) is 14.2. The smallest absolute Gasteiger partial charge is 0.0738 e. The first-order valence-corrected chi connectivity index (χ1v) is 8.23. The van der Waals surface area contributed by atoms with Crippen LogP contribution in [0, 0.1) is 12.3 Å². The Kier molecular flexibility index (Phi) is 4.72. The number of halogens is 1. The number of aryl methyl sites for hydroxylation is 2. The highest BCUT2D eigenvalue weighted by molar-refractivity contribution is 9.10. The number of rotatable bonds is 5. The zero-order valence-electron chi connectivity index (χ0n) is 12.6. The molecule has 1 fully saturated rings. The number of hydrogen-bond donors (Lipinski definition) is 1. The van der Waals surface area contributed by atoms with E-state index in [0.29, 0.717) is 11.5 Å². The highest BCUT2D eigenvalue weighted by atomic mass is 79.9. The van der Waals surface area contributed by atoms with Crippen molar-refractivity contribution in [2.45, 2.75) is 66.0 Å². The van der Waals surface area contributed by atoms with Crippen LogP contribution in [0.1, 0.15) is 51.4 Å². The summed E-state index contributed by atoms with van der Waals surface area (Å²) in [6.07, 6.45) is 5.03. The molecule has 1 aromatic rings. The highest BCUT2D eigenvalue weighted by Gasteiger charge is 2.36. The summed E-state index contributed by atoms with van der Waals surface area (Å²) in [5.74, 6) is 0. The van der Waals surface area contributed by atoms with Crippen LogP contribution in [0.3, 0.4) is 0 Å². The zero-order chi connectivity index (χ0) is 14.0. The Hall–Kier alpha value is -0.350.